The van der Waals surface area contributed by atoms with E-state index in [0.717, 1.165) is 22.1 Å². The number of rotatable bonds is 9. The van der Waals surface area contributed by atoms with Crippen LogP contribution in [0.5, 0.6) is 0 Å². The Hall–Kier alpha value is -3.59. The number of pyridine rings is 2. The summed E-state index contributed by atoms with van der Waals surface area (Å²) in [6.45, 7) is 1.40. The van der Waals surface area contributed by atoms with Gasteiger partial charge in [0, 0.05) is 49.0 Å². The Kier molecular flexibility index (Phi) is 7.09. The molecule has 0 bridgehead atoms. The van der Waals surface area contributed by atoms with Crippen LogP contribution >= 0.6 is 0 Å². The average molecular weight is 460 g/mol. The zero-order chi connectivity index (χ0) is 23.1. The van der Waals surface area contributed by atoms with E-state index in [4.69, 9.17) is 5.73 Å². The summed E-state index contributed by atoms with van der Waals surface area (Å²) in [5, 5.41) is 4.50. The highest BCUT2D eigenvalue weighted by molar-refractivity contribution is 7.89. The first-order valence-corrected chi connectivity index (χ1v) is 12.0. The molecule has 4 rings (SSSR count). The molecule has 168 valence electrons. The molecule has 4 aromatic rings. The Morgan fingerprint density at radius 3 is 2.58 bits per heavy atom. The highest BCUT2D eigenvalue weighted by atomic mass is 32.2. The maximum Gasteiger partial charge on any atom is 0.241 e. The molecule has 7 nitrogen and oxygen atoms in total. The molecule has 0 amide bonds. The number of anilines is 1. The van der Waals surface area contributed by atoms with Crippen LogP contribution in [0.2, 0.25) is 0 Å². The Labute approximate surface area is 193 Å². The molecular formula is C25H25N5O2S. The quantitative estimate of drug-likeness (QED) is 0.331. The summed E-state index contributed by atoms with van der Waals surface area (Å²) in [5.41, 5.74) is 9.03. The molecule has 0 fully saturated rings. The van der Waals surface area contributed by atoms with Gasteiger partial charge >= 0.3 is 0 Å². The van der Waals surface area contributed by atoms with Gasteiger partial charge in [0.05, 0.1) is 4.90 Å². The van der Waals surface area contributed by atoms with Crippen LogP contribution in [0.4, 0.5) is 5.82 Å². The zero-order valence-electron chi connectivity index (χ0n) is 18.0. The second kappa shape index (κ2) is 10.4. The number of benzene rings is 2. The van der Waals surface area contributed by atoms with E-state index in [1.54, 1.807) is 36.7 Å². The Bertz CT molecular complexity index is 1350. The van der Waals surface area contributed by atoms with Crippen LogP contribution in [0.3, 0.4) is 0 Å². The number of nitrogen functional groups attached to an aromatic ring is 1. The minimum atomic E-state index is -3.66. The summed E-state index contributed by atoms with van der Waals surface area (Å²) < 4.78 is 28.1. The minimum absolute atomic E-state index is 0.198. The lowest BCUT2D eigenvalue weighted by molar-refractivity contribution is 0.579. The molecule has 0 unspecified atom stereocenters. The molecule has 0 radical (unpaired) electrons. The van der Waals surface area contributed by atoms with Crippen molar-refractivity contribution in [1.82, 2.24) is 20.0 Å². The maximum absolute atomic E-state index is 12.7. The molecule has 0 aliphatic heterocycles. The van der Waals surface area contributed by atoms with Crippen molar-refractivity contribution in [3.63, 3.8) is 0 Å². The van der Waals surface area contributed by atoms with Crippen molar-refractivity contribution < 1.29 is 8.42 Å². The van der Waals surface area contributed by atoms with Crippen molar-refractivity contribution in [2.75, 3.05) is 25.4 Å². The predicted octanol–water partition coefficient (Wildman–Crippen LogP) is 3.46. The van der Waals surface area contributed by atoms with Crippen LogP contribution in [0.25, 0.3) is 28.0 Å². The third-order valence-corrected chi connectivity index (χ3v) is 6.63. The molecule has 2 aromatic heterocycles. The summed E-state index contributed by atoms with van der Waals surface area (Å²) in [5.74, 6) is 0.283. The fourth-order valence-corrected chi connectivity index (χ4v) is 4.69. The molecule has 33 heavy (non-hydrogen) atoms. The zero-order valence-corrected chi connectivity index (χ0v) is 18.8. The molecule has 4 N–H and O–H groups in total. The van der Waals surface area contributed by atoms with Crippen molar-refractivity contribution in [3.8, 4) is 11.1 Å². The number of nitrogens with zero attached hydrogens (tertiary/aromatic N) is 2. The first kappa shape index (κ1) is 22.6. The lowest BCUT2D eigenvalue weighted by Gasteiger charge is -2.10. The van der Waals surface area contributed by atoms with Crippen molar-refractivity contribution in [2.45, 2.75) is 4.90 Å². The summed E-state index contributed by atoms with van der Waals surface area (Å²) in [6, 6.07) is 18.8. The first-order chi connectivity index (χ1) is 16.0. The number of hydrogen-bond acceptors (Lipinski definition) is 6. The molecular weight excluding hydrogens is 434 g/mol. The van der Waals surface area contributed by atoms with Gasteiger partial charge in [0.15, 0.2) is 0 Å². The van der Waals surface area contributed by atoms with Crippen molar-refractivity contribution in [3.05, 3.63) is 90.9 Å². The number of aromatic nitrogens is 2. The smallest absolute Gasteiger partial charge is 0.241 e. The van der Waals surface area contributed by atoms with Gasteiger partial charge in [-0.25, -0.2) is 18.1 Å². The topological polar surface area (TPSA) is 110 Å². The van der Waals surface area contributed by atoms with Crippen LogP contribution < -0.4 is 15.8 Å². The molecule has 0 saturated carbocycles. The van der Waals surface area contributed by atoms with E-state index in [2.05, 4.69) is 44.3 Å². The summed E-state index contributed by atoms with van der Waals surface area (Å²) in [4.78, 5) is 8.36. The Morgan fingerprint density at radius 1 is 0.939 bits per heavy atom. The largest absolute Gasteiger partial charge is 0.384 e. The average Bonchev–Trinajstić information content (AvgIpc) is 2.84. The molecule has 0 saturated heterocycles. The van der Waals surface area contributed by atoms with Gasteiger partial charge in [-0.15, -0.1) is 0 Å². The monoisotopic (exact) mass is 459 g/mol. The van der Waals surface area contributed by atoms with Gasteiger partial charge in [0.2, 0.25) is 10.0 Å². The number of fused-ring (bicyclic) bond motifs is 1. The van der Waals surface area contributed by atoms with E-state index in [1.807, 2.05) is 30.5 Å². The lowest BCUT2D eigenvalue weighted by Crippen LogP contribution is -2.32. The molecule has 0 aliphatic carbocycles. The van der Waals surface area contributed by atoms with Crippen LogP contribution in [0.15, 0.2) is 90.2 Å². The van der Waals surface area contributed by atoms with E-state index < -0.39 is 10.0 Å². The van der Waals surface area contributed by atoms with Gasteiger partial charge in [0.1, 0.15) is 5.82 Å². The van der Waals surface area contributed by atoms with Gasteiger partial charge in [-0.1, -0.05) is 54.6 Å². The summed E-state index contributed by atoms with van der Waals surface area (Å²) in [6.07, 6.45) is 9.21. The SMILES string of the molecule is Nc1cc2c(S(=O)(=O)NCCNC/C=C/c3ccc(-c4cccnc4)cc3)cccc2cn1. The highest BCUT2D eigenvalue weighted by Crippen LogP contribution is 2.23. The molecule has 0 spiro atoms. The Balaban J connectivity index is 1.25. The van der Waals surface area contributed by atoms with Crippen molar-refractivity contribution >= 4 is 32.7 Å². The van der Waals surface area contributed by atoms with Crippen LogP contribution in [-0.4, -0.2) is 38.0 Å². The van der Waals surface area contributed by atoms with Gasteiger partial charge < -0.3 is 11.1 Å². The van der Waals surface area contributed by atoms with E-state index in [9.17, 15) is 8.42 Å². The second-order valence-corrected chi connectivity index (χ2v) is 9.19. The van der Waals surface area contributed by atoms with Crippen LogP contribution in [-0.2, 0) is 10.0 Å². The minimum Gasteiger partial charge on any atom is -0.384 e. The number of nitrogens with one attached hydrogen (secondary N) is 2. The molecule has 0 aliphatic rings. The molecule has 8 heteroatoms. The summed E-state index contributed by atoms with van der Waals surface area (Å²) >= 11 is 0. The molecule has 2 heterocycles. The van der Waals surface area contributed by atoms with Gasteiger partial charge in [0.25, 0.3) is 0 Å². The van der Waals surface area contributed by atoms with Crippen molar-refractivity contribution in [1.29, 1.82) is 0 Å². The predicted molar refractivity (Wildman–Crippen MR) is 133 cm³/mol. The van der Waals surface area contributed by atoms with E-state index in [-0.39, 0.29) is 17.3 Å². The van der Waals surface area contributed by atoms with Gasteiger partial charge in [-0.05, 0) is 34.9 Å². The van der Waals surface area contributed by atoms with Gasteiger partial charge in [-0.2, -0.15) is 0 Å². The van der Waals surface area contributed by atoms with Crippen LogP contribution in [0, 0.1) is 0 Å². The van der Waals surface area contributed by atoms with Crippen LogP contribution in [0.1, 0.15) is 5.56 Å². The molecule has 0 atom stereocenters. The highest BCUT2D eigenvalue weighted by Gasteiger charge is 2.16. The standard InChI is InChI=1S/C25H25N5O2S/c26-25-16-23-22(18-29-25)5-1-7-24(23)33(31,32)30-15-14-27-12-2-4-19-8-10-20(11-9-19)21-6-3-13-28-17-21/h1-11,13,16-18,27,30H,12,14-15H2,(H2,26,29)/b4-2+. The van der Waals surface area contributed by atoms with E-state index in [1.165, 1.54) is 0 Å². The maximum atomic E-state index is 12.7. The van der Waals surface area contributed by atoms with Crippen molar-refractivity contribution in [2.24, 2.45) is 0 Å². The first-order valence-electron chi connectivity index (χ1n) is 10.5. The third kappa shape index (κ3) is 5.81. The lowest BCUT2D eigenvalue weighted by atomic mass is 10.1. The second-order valence-electron chi connectivity index (χ2n) is 7.45. The Morgan fingerprint density at radius 2 is 1.79 bits per heavy atom. The normalized spacial score (nSPS) is 11.9. The molecule has 2 aromatic carbocycles. The fourth-order valence-electron chi connectivity index (χ4n) is 3.44. The number of sulfonamides is 1. The summed E-state index contributed by atoms with van der Waals surface area (Å²) in [7, 11) is -3.66. The van der Waals surface area contributed by atoms with E-state index >= 15 is 0 Å². The van der Waals surface area contributed by atoms with Gasteiger partial charge in [-0.3, -0.25) is 4.98 Å². The number of nitrogens with two attached hydrogens (primary N) is 1. The number of hydrogen-bond donors (Lipinski definition) is 3. The fraction of sp³-hybridized carbons (Fsp3) is 0.120. The third-order valence-electron chi connectivity index (χ3n) is 5.11. The van der Waals surface area contributed by atoms with E-state index in [0.29, 0.717) is 18.5 Å².